The maximum Gasteiger partial charge on any atom is 0.129 e. The van der Waals surface area contributed by atoms with Crippen molar-refractivity contribution >= 4 is 0 Å². The molecule has 100 valence electrons. The number of rotatable bonds is 4. The molecule has 0 saturated carbocycles. The molecule has 1 aromatic carbocycles. The Morgan fingerprint density at radius 3 is 2.78 bits per heavy atom. The number of halogens is 1. The number of likely N-dealkylation sites (tertiary alicyclic amines) is 1. The molecule has 0 spiro atoms. The van der Waals surface area contributed by atoms with Crippen molar-refractivity contribution in [2.45, 2.75) is 51.3 Å². The zero-order chi connectivity index (χ0) is 13.1. The maximum absolute atomic E-state index is 13.6. The van der Waals surface area contributed by atoms with Crippen molar-refractivity contribution in [3.63, 3.8) is 0 Å². The second kappa shape index (κ2) is 5.81. The van der Waals surface area contributed by atoms with Crippen LogP contribution in [0.1, 0.15) is 44.8 Å². The highest BCUT2D eigenvalue weighted by molar-refractivity contribution is 5.20. The lowest BCUT2D eigenvalue weighted by molar-refractivity contribution is 0.0836. The van der Waals surface area contributed by atoms with Gasteiger partial charge in [-0.3, -0.25) is 4.90 Å². The third-order valence-corrected chi connectivity index (χ3v) is 4.07. The largest absolute Gasteiger partial charge is 0.387 e. The Morgan fingerprint density at radius 2 is 2.11 bits per heavy atom. The van der Waals surface area contributed by atoms with Gasteiger partial charge in [0.05, 0.1) is 6.10 Å². The van der Waals surface area contributed by atoms with Gasteiger partial charge in [0, 0.05) is 24.2 Å². The zero-order valence-corrected chi connectivity index (χ0v) is 11.1. The fourth-order valence-corrected chi connectivity index (χ4v) is 2.94. The van der Waals surface area contributed by atoms with Gasteiger partial charge in [-0.15, -0.1) is 0 Å². The van der Waals surface area contributed by atoms with E-state index in [4.69, 9.17) is 0 Å². The van der Waals surface area contributed by atoms with Crippen molar-refractivity contribution in [3.05, 3.63) is 35.6 Å². The van der Waals surface area contributed by atoms with Crippen LogP contribution in [0.3, 0.4) is 0 Å². The number of β-amino-alcohol motifs (C(OH)–C–C–N with tert-alkyl or cyclic N) is 1. The molecule has 3 atom stereocenters. The van der Waals surface area contributed by atoms with Crippen molar-refractivity contribution in [2.75, 3.05) is 6.54 Å². The average molecular weight is 251 g/mol. The zero-order valence-electron chi connectivity index (χ0n) is 11.1. The third kappa shape index (κ3) is 2.73. The molecule has 3 heteroatoms. The molecule has 1 heterocycles. The highest BCUT2D eigenvalue weighted by atomic mass is 19.1. The fourth-order valence-electron chi connectivity index (χ4n) is 2.94. The lowest BCUT2D eigenvalue weighted by atomic mass is 10.1. The Balaban J connectivity index is 2.07. The van der Waals surface area contributed by atoms with Crippen molar-refractivity contribution in [1.82, 2.24) is 4.90 Å². The smallest absolute Gasteiger partial charge is 0.129 e. The third-order valence-electron chi connectivity index (χ3n) is 4.07. The molecule has 1 N–H and O–H groups in total. The Morgan fingerprint density at radius 1 is 1.39 bits per heavy atom. The number of aliphatic hydroxyl groups is 1. The summed E-state index contributed by atoms with van der Waals surface area (Å²) in [7, 11) is 0. The van der Waals surface area contributed by atoms with Crippen LogP contribution in [-0.2, 0) is 0 Å². The summed E-state index contributed by atoms with van der Waals surface area (Å²) < 4.78 is 13.6. The van der Waals surface area contributed by atoms with Gasteiger partial charge >= 0.3 is 0 Å². The summed E-state index contributed by atoms with van der Waals surface area (Å²) in [5, 5.41) is 10.2. The van der Waals surface area contributed by atoms with E-state index in [2.05, 4.69) is 18.7 Å². The van der Waals surface area contributed by atoms with Crippen LogP contribution in [0.25, 0.3) is 0 Å². The molecule has 0 amide bonds. The highest BCUT2D eigenvalue weighted by Crippen LogP contribution is 2.29. The molecule has 1 aromatic rings. The van der Waals surface area contributed by atoms with E-state index >= 15 is 0 Å². The summed E-state index contributed by atoms with van der Waals surface area (Å²) in [6.45, 7) is 4.88. The summed E-state index contributed by atoms with van der Waals surface area (Å²) in [6.07, 6.45) is 2.71. The van der Waals surface area contributed by atoms with E-state index in [9.17, 15) is 9.50 Å². The minimum Gasteiger partial charge on any atom is -0.387 e. The van der Waals surface area contributed by atoms with Gasteiger partial charge in [-0.1, -0.05) is 25.1 Å². The van der Waals surface area contributed by atoms with E-state index in [0.717, 1.165) is 6.42 Å². The first-order valence-corrected chi connectivity index (χ1v) is 6.81. The summed E-state index contributed by atoms with van der Waals surface area (Å²) in [5.74, 6) is -0.315. The van der Waals surface area contributed by atoms with Crippen molar-refractivity contribution in [3.8, 4) is 0 Å². The summed E-state index contributed by atoms with van der Waals surface area (Å²) in [6, 6.07) is 7.51. The van der Waals surface area contributed by atoms with E-state index in [1.54, 1.807) is 18.2 Å². The van der Waals surface area contributed by atoms with Gasteiger partial charge in [0.2, 0.25) is 0 Å². The van der Waals surface area contributed by atoms with Crippen molar-refractivity contribution in [1.29, 1.82) is 0 Å². The van der Waals surface area contributed by atoms with Crippen LogP contribution in [0.5, 0.6) is 0 Å². The van der Waals surface area contributed by atoms with Crippen LogP contribution in [0, 0.1) is 5.82 Å². The van der Waals surface area contributed by atoms with E-state index in [1.165, 1.54) is 18.9 Å². The van der Waals surface area contributed by atoms with E-state index in [-0.39, 0.29) is 5.82 Å². The van der Waals surface area contributed by atoms with E-state index < -0.39 is 6.10 Å². The normalized spacial score (nSPS) is 26.4. The van der Waals surface area contributed by atoms with E-state index in [1.807, 2.05) is 0 Å². The van der Waals surface area contributed by atoms with Crippen LogP contribution in [0.4, 0.5) is 4.39 Å². The molecule has 0 bridgehead atoms. The summed E-state index contributed by atoms with van der Waals surface area (Å²) >= 11 is 0. The molecule has 0 radical (unpaired) electrons. The highest BCUT2D eigenvalue weighted by Gasteiger charge is 2.31. The van der Waals surface area contributed by atoms with Crippen molar-refractivity contribution < 1.29 is 9.50 Å². The van der Waals surface area contributed by atoms with Gasteiger partial charge in [0.25, 0.3) is 0 Å². The molecule has 1 aliphatic rings. The second-order valence-corrected chi connectivity index (χ2v) is 5.22. The van der Waals surface area contributed by atoms with Gasteiger partial charge in [0.1, 0.15) is 5.82 Å². The van der Waals surface area contributed by atoms with Crippen LogP contribution < -0.4 is 0 Å². The summed E-state index contributed by atoms with van der Waals surface area (Å²) in [5.41, 5.74) is 0.409. The van der Waals surface area contributed by atoms with Crippen LogP contribution in [0.2, 0.25) is 0 Å². The fraction of sp³-hybridized carbons (Fsp3) is 0.600. The maximum atomic E-state index is 13.6. The van der Waals surface area contributed by atoms with Gasteiger partial charge in [-0.2, -0.15) is 0 Å². The van der Waals surface area contributed by atoms with Crippen molar-refractivity contribution in [2.24, 2.45) is 0 Å². The monoisotopic (exact) mass is 251 g/mol. The molecule has 0 aromatic heterocycles. The molecule has 1 aliphatic heterocycles. The van der Waals surface area contributed by atoms with Crippen LogP contribution in [0.15, 0.2) is 24.3 Å². The quantitative estimate of drug-likeness (QED) is 0.888. The Kier molecular flexibility index (Phi) is 4.36. The molecule has 18 heavy (non-hydrogen) atoms. The molecule has 2 rings (SSSR count). The van der Waals surface area contributed by atoms with Gasteiger partial charge in [-0.25, -0.2) is 4.39 Å². The predicted molar refractivity (Wildman–Crippen MR) is 70.8 cm³/mol. The number of hydrogen-bond acceptors (Lipinski definition) is 2. The van der Waals surface area contributed by atoms with Gasteiger partial charge < -0.3 is 5.11 Å². The molecular formula is C15H22FNO. The molecular weight excluding hydrogens is 229 g/mol. The second-order valence-electron chi connectivity index (χ2n) is 5.22. The SMILES string of the molecule is CCC1CCC(C)N1CC(O)c1ccccc1F. The van der Waals surface area contributed by atoms with E-state index in [0.29, 0.717) is 24.2 Å². The van der Waals surface area contributed by atoms with Crippen LogP contribution >= 0.6 is 0 Å². The first kappa shape index (κ1) is 13.5. The first-order valence-electron chi connectivity index (χ1n) is 6.81. The molecule has 2 nitrogen and oxygen atoms in total. The van der Waals surface area contributed by atoms with Gasteiger partial charge in [0.15, 0.2) is 0 Å². The molecule has 1 fully saturated rings. The van der Waals surface area contributed by atoms with Crippen LogP contribution in [-0.4, -0.2) is 28.6 Å². The first-order chi connectivity index (χ1) is 8.63. The Labute approximate surface area is 108 Å². The average Bonchev–Trinajstić information content (AvgIpc) is 2.71. The number of nitrogens with zero attached hydrogens (tertiary/aromatic N) is 1. The number of benzene rings is 1. The molecule has 3 unspecified atom stereocenters. The molecule has 1 saturated heterocycles. The predicted octanol–water partition coefficient (Wildman–Crippen LogP) is 3.12. The standard InChI is InChI=1S/C15H22FNO/c1-3-12-9-8-11(2)17(12)10-15(18)13-6-4-5-7-14(13)16/h4-7,11-12,15,18H,3,8-10H2,1-2H3. The van der Waals surface area contributed by atoms with Gasteiger partial charge in [-0.05, 0) is 32.3 Å². The topological polar surface area (TPSA) is 23.5 Å². The number of aliphatic hydroxyl groups excluding tert-OH is 1. The Bertz CT molecular complexity index is 396. The summed E-state index contributed by atoms with van der Waals surface area (Å²) in [4.78, 5) is 2.32. The minimum atomic E-state index is -0.735. The minimum absolute atomic E-state index is 0.315. The molecule has 0 aliphatic carbocycles. The lowest BCUT2D eigenvalue weighted by Gasteiger charge is -2.30. The number of hydrogen-bond donors (Lipinski definition) is 1. The lowest BCUT2D eigenvalue weighted by Crippen LogP contribution is -2.37. The Hall–Kier alpha value is -0.930.